The molecule has 12 heteroatoms. The number of halogens is 1. The summed E-state index contributed by atoms with van der Waals surface area (Å²) in [6, 6.07) is 6.42. The lowest BCUT2D eigenvalue weighted by Gasteiger charge is -2.18. The quantitative estimate of drug-likeness (QED) is 0.657. The van der Waals surface area contributed by atoms with Crippen molar-refractivity contribution in [3.63, 3.8) is 0 Å². The number of aromatic nitrogens is 1. The second kappa shape index (κ2) is 8.38. The fourth-order valence-electron chi connectivity index (χ4n) is 3.31. The van der Waals surface area contributed by atoms with Gasteiger partial charge >= 0.3 is 12.1 Å². The summed E-state index contributed by atoms with van der Waals surface area (Å²) in [4.78, 5) is 27.7. The van der Waals surface area contributed by atoms with Crippen LogP contribution in [-0.2, 0) is 19.9 Å². The first-order valence-electron chi connectivity index (χ1n) is 9.76. The minimum absolute atomic E-state index is 0.202. The number of amides is 1. The SMILES string of the molecule is C[C@H](N)C(=O)OCC1OC(=O)NC1c1ccc(-c2ccc(C3(C)N=NN=N3)nc2)c(F)c1. The summed E-state index contributed by atoms with van der Waals surface area (Å²) in [5, 5.41) is 17.5. The number of benzene rings is 1. The number of esters is 1. The molecule has 3 atom stereocenters. The number of hydrogen-bond acceptors (Lipinski definition) is 10. The number of pyridine rings is 1. The molecule has 166 valence electrons. The number of nitrogens with one attached hydrogen (secondary N) is 1. The van der Waals surface area contributed by atoms with Gasteiger partial charge in [0.2, 0.25) is 5.66 Å². The molecule has 2 aliphatic rings. The van der Waals surface area contributed by atoms with Crippen LogP contribution in [0.3, 0.4) is 0 Å². The number of ether oxygens (including phenoxy) is 2. The molecule has 1 saturated heterocycles. The van der Waals surface area contributed by atoms with Crippen LogP contribution in [-0.4, -0.2) is 35.8 Å². The Hall–Kier alpha value is -3.80. The van der Waals surface area contributed by atoms with Crippen molar-refractivity contribution >= 4 is 12.1 Å². The van der Waals surface area contributed by atoms with Gasteiger partial charge < -0.3 is 20.5 Å². The molecule has 0 saturated carbocycles. The van der Waals surface area contributed by atoms with Crippen molar-refractivity contribution < 1.29 is 23.5 Å². The highest BCUT2D eigenvalue weighted by atomic mass is 19.1. The molecule has 1 aromatic carbocycles. The molecule has 0 radical (unpaired) electrons. The van der Waals surface area contributed by atoms with E-state index in [4.69, 9.17) is 15.2 Å². The maximum Gasteiger partial charge on any atom is 0.408 e. The lowest BCUT2D eigenvalue weighted by Crippen LogP contribution is -2.33. The summed E-state index contributed by atoms with van der Waals surface area (Å²) in [5.41, 5.74) is 6.33. The Morgan fingerprint density at radius 2 is 2.06 bits per heavy atom. The zero-order valence-electron chi connectivity index (χ0n) is 17.2. The van der Waals surface area contributed by atoms with Crippen LogP contribution >= 0.6 is 0 Å². The van der Waals surface area contributed by atoms with Gasteiger partial charge in [-0.05, 0) is 42.0 Å². The molecule has 3 heterocycles. The van der Waals surface area contributed by atoms with Gasteiger partial charge in [0.1, 0.15) is 18.5 Å². The fourth-order valence-corrected chi connectivity index (χ4v) is 3.31. The van der Waals surface area contributed by atoms with Crippen LogP contribution in [0.5, 0.6) is 0 Å². The van der Waals surface area contributed by atoms with Crippen molar-refractivity contribution in [3.8, 4) is 11.1 Å². The van der Waals surface area contributed by atoms with E-state index in [0.717, 1.165) is 0 Å². The summed E-state index contributed by atoms with van der Waals surface area (Å²) >= 11 is 0. The van der Waals surface area contributed by atoms with E-state index < -0.39 is 41.7 Å². The van der Waals surface area contributed by atoms with E-state index in [1.807, 2.05) is 0 Å². The van der Waals surface area contributed by atoms with E-state index in [-0.39, 0.29) is 6.61 Å². The molecule has 1 fully saturated rings. The van der Waals surface area contributed by atoms with Crippen molar-refractivity contribution in [3.05, 3.63) is 53.6 Å². The number of hydrogen-bond donors (Lipinski definition) is 2. The average Bonchev–Trinajstić information content (AvgIpc) is 3.38. The van der Waals surface area contributed by atoms with Crippen LogP contribution in [0.1, 0.15) is 31.1 Å². The highest BCUT2D eigenvalue weighted by Gasteiger charge is 2.37. The molecule has 0 spiro atoms. The Balaban J connectivity index is 1.52. The first-order valence-corrected chi connectivity index (χ1v) is 9.76. The predicted octanol–water partition coefficient (Wildman–Crippen LogP) is 2.93. The Morgan fingerprint density at radius 3 is 2.69 bits per heavy atom. The number of alkyl carbamates (subject to hydrolysis) is 1. The van der Waals surface area contributed by atoms with Crippen LogP contribution in [0.15, 0.2) is 57.2 Å². The first kappa shape index (κ1) is 21.4. The lowest BCUT2D eigenvalue weighted by atomic mass is 9.98. The van der Waals surface area contributed by atoms with Crippen LogP contribution in [0.25, 0.3) is 11.1 Å². The van der Waals surface area contributed by atoms with E-state index in [0.29, 0.717) is 22.4 Å². The Bertz CT molecular complexity index is 1090. The number of cyclic esters (lactones) is 1. The fraction of sp³-hybridized carbons (Fsp3) is 0.350. The van der Waals surface area contributed by atoms with Crippen LogP contribution in [0.4, 0.5) is 9.18 Å². The molecule has 0 bridgehead atoms. The molecule has 32 heavy (non-hydrogen) atoms. The van der Waals surface area contributed by atoms with Gasteiger partial charge in [-0.25, -0.2) is 9.18 Å². The van der Waals surface area contributed by atoms with E-state index in [1.54, 1.807) is 31.2 Å². The third-order valence-corrected chi connectivity index (χ3v) is 5.10. The van der Waals surface area contributed by atoms with Crippen molar-refractivity contribution in [2.75, 3.05) is 6.61 Å². The number of carbonyl (C=O) groups is 2. The van der Waals surface area contributed by atoms with Crippen molar-refractivity contribution in [2.24, 2.45) is 26.4 Å². The highest BCUT2D eigenvalue weighted by Crippen LogP contribution is 2.33. The summed E-state index contributed by atoms with van der Waals surface area (Å²) in [6.07, 6.45) is 0.0151. The smallest absolute Gasteiger partial charge is 0.408 e. The maximum absolute atomic E-state index is 15.0. The minimum Gasteiger partial charge on any atom is -0.460 e. The van der Waals surface area contributed by atoms with Crippen molar-refractivity contribution in [1.29, 1.82) is 0 Å². The molecule has 3 N–H and O–H groups in total. The van der Waals surface area contributed by atoms with Crippen molar-refractivity contribution in [2.45, 2.75) is 37.7 Å². The second-order valence-electron chi connectivity index (χ2n) is 7.56. The van der Waals surface area contributed by atoms with E-state index in [1.165, 1.54) is 19.2 Å². The van der Waals surface area contributed by atoms with Gasteiger partial charge in [-0.3, -0.25) is 9.78 Å². The van der Waals surface area contributed by atoms with Gasteiger partial charge in [0.25, 0.3) is 0 Å². The largest absolute Gasteiger partial charge is 0.460 e. The third-order valence-electron chi connectivity index (χ3n) is 5.10. The van der Waals surface area contributed by atoms with E-state index in [2.05, 4.69) is 31.0 Å². The molecule has 2 aliphatic heterocycles. The van der Waals surface area contributed by atoms with Gasteiger partial charge in [0, 0.05) is 17.3 Å². The molecular weight excluding hydrogens is 421 g/mol. The topological polar surface area (TPSA) is 153 Å². The first-order chi connectivity index (χ1) is 15.3. The third kappa shape index (κ3) is 4.17. The Morgan fingerprint density at radius 1 is 1.31 bits per heavy atom. The number of nitrogens with two attached hydrogens (primary N) is 1. The van der Waals surface area contributed by atoms with Gasteiger partial charge in [0.05, 0.1) is 11.7 Å². The Labute approximate surface area is 181 Å². The lowest BCUT2D eigenvalue weighted by molar-refractivity contribution is -0.147. The van der Waals surface area contributed by atoms with E-state index >= 15 is 0 Å². The van der Waals surface area contributed by atoms with Crippen LogP contribution in [0.2, 0.25) is 0 Å². The monoisotopic (exact) mass is 441 g/mol. The minimum atomic E-state index is -0.984. The zero-order valence-corrected chi connectivity index (χ0v) is 17.2. The number of nitrogens with zero attached hydrogens (tertiary/aromatic N) is 5. The normalized spacial score (nSPS) is 21.8. The summed E-state index contributed by atoms with van der Waals surface area (Å²) in [6.45, 7) is 2.99. The van der Waals surface area contributed by atoms with Crippen LogP contribution < -0.4 is 11.1 Å². The standard InChI is InChI=1S/C20H20FN7O4/c1-10(22)18(29)31-9-15-17(24-19(30)32-15)11-3-5-13(14(21)7-11)12-4-6-16(23-8-12)20(2)25-27-28-26-20/h3-8,10,15,17H,9,22H2,1-2H3,(H,24,30)/t10-,15?,17?/m0/s1. The Kier molecular flexibility index (Phi) is 5.61. The molecule has 4 rings (SSSR count). The van der Waals surface area contributed by atoms with Gasteiger partial charge in [0.15, 0.2) is 6.10 Å². The van der Waals surface area contributed by atoms with E-state index in [9.17, 15) is 14.0 Å². The maximum atomic E-state index is 15.0. The number of rotatable bonds is 6. The van der Waals surface area contributed by atoms with Gasteiger partial charge in [-0.2, -0.15) is 0 Å². The van der Waals surface area contributed by atoms with Gasteiger partial charge in [-0.15, -0.1) is 10.2 Å². The van der Waals surface area contributed by atoms with Crippen LogP contribution in [0, 0.1) is 5.82 Å². The molecule has 2 aromatic rings. The molecule has 1 amide bonds. The van der Waals surface area contributed by atoms with Crippen molar-refractivity contribution in [1.82, 2.24) is 10.3 Å². The summed E-state index contributed by atoms with van der Waals surface area (Å²) < 4.78 is 25.2. The zero-order chi connectivity index (χ0) is 22.9. The average molecular weight is 441 g/mol. The summed E-state index contributed by atoms with van der Waals surface area (Å²) in [5.74, 6) is -1.14. The highest BCUT2D eigenvalue weighted by molar-refractivity contribution is 5.75. The molecule has 0 aliphatic carbocycles. The molecule has 2 unspecified atom stereocenters. The summed E-state index contributed by atoms with van der Waals surface area (Å²) in [7, 11) is 0. The number of carbonyl (C=O) groups excluding carboxylic acids is 2. The second-order valence-corrected chi connectivity index (χ2v) is 7.56. The molecule has 11 nitrogen and oxygen atoms in total. The molecule has 1 aromatic heterocycles. The molecular formula is C20H20FN7O4. The van der Waals surface area contributed by atoms with Gasteiger partial charge in [-0.1, -0.05) is 18.2 Å². The predicted molar refractivity (Wildman–Crippen MR) is 107 cm³/mol.